The summed E-state index contributed by atoms with van der Waals surface area (Å²) in [6, 6.07) is 0. The van der Waals surface area contributed by atoms with E-state index in [-0.39, 0.29) is 18.9 Å². The molecule has 1 N–H and O–H groups in total. The van der Waals surface area contributed by atoms with Crippen molar-refractivity contribution in [1.82, 2.24) is 10.2 Å². The standard InChI is InChI=1S/C15H19F4IN4/c1-2-5-24(14-13(16)12(6-20)22-9-23-14)8-11-4-3-10(7-21-11)15(17,18)19/h3-4,9-10,14H,2,5-8H2,1H3,(H,22,23). The van der Waals surface area contributed by atoms with Crippen LogP contribution in [0.3, 0.4) is 0 Å². The Labute approximate surface area is 151 Å². The van der Waals surface area contributed by atoms with Crippen molar-refractivity contribution in [3.05, 3.63) is 23.7 Å². The number of alkyl halides is 4. The average Bonchev–Trinajstić information content (AvgIpc) is 2.54. The van der Waals surface area contributed by atoms with Crippen LogP contribution in [0.15, 0.2) is 33.7 Å². The highest BCUT2D eigenvalue weighted by atomic mass is 127. The van der Waals surface area contributed by atoms with Crippen LogP contribution >= 0.6 is 22.6 Å². The van der Waals surface area contributed by atoms with E-state index in [0.717, 1.165) is 12.5 Å². The summed E-state index contributed by atoms with van der Waals surface area (Å²) in [5.74, 6) is -1.89. The normalized spacial score (nSPS) is 24.4. The third-order valence-corrected chi connectivity index (χ3v) is 4.49. The summed E-state index contributed by atoms with van der Waals surface area (Å²) in [6.45, 7) is 2.51. The Hall–Kier alpha value is -0.970. The molecule has 0 radical (unpaired) electrons. The van der Waals surface area contributed by atoms with Gasteiger partial charge in [-0.25, -0.2) is 9.38 Å². The van der Waals surface area contributed by atoms with Crippen LogP contribution in [0.4, 0.5) is 17.6 Å². The molecule has 2 aliphatic rings. The Bertz CT molecular complexity index is 568. The second-order valence-corrected chi connectivity index (χ2v) is 6.33. The first-order chi connectivity index (χ1) is 11.4. The summed E-state index contributed by atoms with van der Waals surface area (Å²) in [4.78, 5) is 9.82. The highest BCUT2D eigenvalue weighted by molar-refractivity contribution is 14.1. The molecular formula is C15H19F4IN4. The number of dihydropyridines is 1. The molecule has 2 aliphatic heterocycles. The van der Waals surface area contributed by atoms with Gasteiger partial charge in [0.2, 0.25) is 0 Å². The van der Waals surface area contributed by atoms with E-state index in [4.69, 9.17) is 0 Å². The van der Waals surface area contributed by atoms with Gasteiger partial charge in [-0.1, -0.05) is 35.6 Å². The number of nitrogens with one attached hydrogen (secondary N) is 1. The molecule has 0 aromatic carbocycles. The first-order valence-electron chi connectivity index (χ1n) is 7.62. The van der Waals surface area contributed by atoms with Gasteiger partial charge in [-0.15, -0.1) is 0 Å². The van der Waals surface area contributed by atoms with Gasteiger partial charge >= 0.3 is 6.18 Å². The van der Waals surface area contributed by atoms with Crippen LogP contribution < -0.4 is 5.32 Å². The summed E-state index contributed by atoms with van der Waals surface area (Å²) in [7, 11) is 0. The fraction of sp³-hybridized carbons (Fsp3) is 0.600. The van der Waals surface area contributed by atoms with Crippen LogP contribution in [0.5, 0.6) is 0 Å². The number of nitrogens with zero attached hydrogens (tertiary/aromatic N) is 3. The van der Waals surface area contributed by atoms with Gasteiger partial charge < -0.3 is 5.32 Å². The lowest BCUT2D eigenvalue weighted by Crippen LogP contribution is -2.50. The van der Waals surface area contributed by atoms with Gasteiger partial charge in [0.25, 0.3) is 0 Å². The lowest BCUT2D eigenvalue weighted by atomic mass is 10.0. The van der Waals surface area contributed by atoms with E-state index in [1.165, 1.54) is 12.4 Å². The molecular weight excluding hydrogens is 439 g/mol. The van der Waals surface area contributed by atoms with Gasteiger partial charge in [0, 0.05) is 23.2 Å². The van der Waals surface area contributed by atoms with Crippen LogP contribution in [0.1, 0.15) is 13.3 Å². The predicted octanol–water partition coefficient (Wildman–Crippen LogP) is 3.46. The molecule has 0 saturated heterocycles. The number of halogens is 5. The zero-order chi connectivity index (χ0) is 17.7. The van der Waals surface area contributed by atoms with Crippen LogP contribution in [-0.4, -0.2) is 53.4 Å². The second kappa shape index (κ2) is 8.41. The van der Waals surface area contributed by atoms with Crippen molar-refractivity contribution in [3.63, 3.8) is 0 Å². The quantitative estimate of drug-likeness (QED) is 0.377. The summed E-state index contributed by atoms with van der Waals surface area (Å²) >= 11 is 2.04. The van der Waals surface area contributed by atoms with E-state index in [0.29, 0.717) is 22.4 Å². The van der Waals surface area contributed by atoms with Crippen LogP contribution in [0.25, 0.3) is 0 Å². The topological polar surface area (TPSA) is 40.0 Å². The first-order valence-corrected chi connectivity index (χ1v) is 9.14. The molecule has 0 aliphatic carbocycles. The average molecular weight is 458 g/mol. The van der Waals surface area contributed by atoms with Gasteiger partial charge in [0.05, 0.1) is 24.5 Å². The highest BCUT2D eigenvalue weighted by Crippen LogP contribution is 2.29. The second-order valence-electron chi connectivity index (χ2n) is 5.57. The first kappa shape index (κ1) is 19.4. The van der Waals surface area contributed by atoms with E-state index < -0.39 is 18.3 Å². The molecule has 0 bridgehead atoms. The van der Waals surface area contributed by atoms with Gasteiger partial charge in [-0.05, 0) is 12.5 Å². The summed E-state index contributed by atoms with van der Waals surface area (Å²) in [6.07, 6.45) is -0.177. The Morgan fingerprint density at radius 3 is 2.71 bits per heavy atom. The molecule has 0 spiro atoms. The van der Waals surface area contributed by atoms with Crippen molar-refractivity contribution < 1.29 is 17.6 Å². The SMILES string of the molecule is CCCN(CC1=NCC(C(F)(F)F)C=C1)C1NC=NC(CI)=C1F. The number of rotatable bonds is 6. The zero-order valence-electron chi connectivity index (χ0n) is 13.2. The van der Waals surface area contributed by atoms with Crippen molar-refractivity contribution >= 4 is 34.6 Å². The van der Waals surface area contributed by atoms with Crippen molar-refractivity contribution in [1.29, 1.82) is 0 Å². The molecule has 134 valence electrons. The minimum Gasteiger partial charge on any atom is -0.355 e. The summed E-state index contributed by atoms with van der Waals surface area (Å²) in [5, 5.41) is 2.88. The molecule has 2 unspecified atom stereocenters. The van der Waals surface area contributed by atoms with E-state index >= 15 is 0 Å². The Morgan fingerprint density at radius 1 is 1.42 bits per heavy atom. The third-order valence-electron chi connectivity index (χ3n) is 3.77. The Balaban J connectivity index is 2.08. The minimum absolute atomic E-state index is 0.280. The van der Waals surface area contributed by atoms with Crippen LogP contribution in [-0.2, 0) is 0 Å². The Kier molecular flexibility index (Phi) is 6.79. The fourth-order valence-corrected chi connectivity index (χ4v) is 3.07. The lowest BCUT2D eigenvalue weighted by molar-refractivity contribution is -0.158. The summed E-state index contributed by atoms with van der Waals surface area (Å²) in [5.41, 5.74) is 0.899. The van der Waals surface area contributed by atoms with Gasteiger partial charge in [0.15, 0.2) is 5.83 Å². The van der Waals surface area contributed by atoms with E-state index in [1.54, 1.807) is 0 Å². The molecule has 0 fully saturated rings. The fourth-order valence-electron chi connectivity index (χ4n) is 2.51. The molecule has 24 heavy (non-hydrogen) atoms. The molecule has 0 saturated carbocycles. The zero-order valence-corrected chi connectivity index (χ0v) is 15.3. The summed E-state index contributed by atoms with van der Waals surface area (Å²) < 4.78 is 53.0. The maximum absolute atomic E-state index is 14.5. The van der Waals surface area contributed by atoms with Crippen LogP contribution in [0, 0.1) is 5.92 Å². The van der Waals surface area contributed by atoms with Gasteiger partial charge in [0.1, 0.15) is 6.17 Å². The number of hydrogen-bond donors (Lipinski definition) is 1. The van der Waals surface area contributed by atoms with E-state index in [9.17, 15) is 17.6 Å². The smallest absolute Gasteiger partial charge is 0.355 e. The molecule has 2 heterocycles. The van der Waals surface area contributed by atoms with Crippen molar-refractivity contribution in [2.24, 2.45) is 15.9 Å². The molecule has 4 nitrogen and oxygen atoms in total. The van der Waals surface area contributed by atoms with Gasteiger partial charge in [-0.3, -0.25) is 9.89 Å². The van der Waals surface area contributed by atoms with E-state index in [2.05, 4.69) is 15.3 Å². The number of aliphatic imine (C=N–C) groups is 2. The number of hydrogen-bond acceptors (Lipinski definition) is 4. The monoisotopic (exact) mass is 458 g/mol. The Morgan fingerprint density at radius 2 is 2.17 bits per heavy atom. The van der Waals surface area contributed by atoms with Crippen LogP contribution in [0.2, 0.25) is 0 Å². The molecule has 0 aromatic rings. The lowest BCUT2D eigenvalue weighted by Gasteiger charge is -2.33. The molecule has 0 aromatic heterocycles. The van der Waals surface area contributed by atoms with Crippen molar-refractivity contribution in [3.8, 4) is 0 Å². The highest BCUT2D eigenvalue weighted by Gasteiger charge is 2.38. The van der Waals surface area contributed by atoms with Crippen molar-refractivity contribution in [2.45, 2.75) is 25.7 Å². The third kappa shape index (κ3) is 4.78. The predicted molar refractivity (Wildman–Crippen MR) is 95.3 cm³/mol. The molecule has 2 rings (SSSR count). The van der Waals surface area contributed by atoms with Gasteiger partial charge in [-0.2, -0.15) is 13.2 Å². The maximum Gasteiger partial charge on any atom is 0.396 e. The largest absolute Gasteiger partial charge is 0.396 e. The van der Waals surface area contributed by atoms with Crippen molar-refractivity contribution in [2.75, 3.05) is 24.1 Å². The molecule has 2 atom stereocenters. The van der Waals surface area contributed by atoms with E-state index in [1.807, 2.05) is 34.4 Å². The number of allylic oxidation sites excluding steroid dienone is 1. The maximum atomic E-state index is 14.5. The molecule has 0 amide bonds. The molecule has 9 heteroatoms. The minimum atomic E-state index is -4.28.